The van der Waals surface area contributed by atoms with E-state index in [1.54, 1.807) is 7.11 Å². The number of anilines is 3. The second-order valence-corrected chi connectivity index (χ2v) is 7.53. The second kappa shape index (κ2) is 9.17. The van der Waals surface area contributed by atoms with E-state index in [2.05, 4.69) is 19.9 Å². The highest BCUT2D eigenvalue weighted by atomic mass is 19.4. The highest BCUT2D eigenvalue weighted by molar-refractivity contribution is 5.78. The van der Waals surface area contributed by atoms with Crippen LogP contribution in [0.4, 0.5) is 30.8 Å². The van der Waals surface area contributed by atoms with Gasteiger partial charge in [0, 0.05) is 38.5 Å². The van der Waals surface area contributed by atoms with Gasteiger partial charge in [-0.2, -0.15) is 18.2 Å². The van der Waals surface area contributed by atoms with E-state index < -0.39 is 12.2 Å². The normalized spacial score (nSPS) is 16.1. The molecule has 10 nitrogen and oxygen atoms in total. The van der Waals surface area contributed by atoms with Gasteiger partial charge in [0.2, 0.25) is 5.95 Å². The largest absolute Gasteiger partial charge is 0.408 e. The maximum Gasteiger partial charge on any atom is 0.408 e. The van der Waals surface area contributed by atoms with Crippen LogP contribution in [0.25, 0.3) is 11.0 Å². The first-order valence-corrected chi connectivity index (χ1v) is 10.2. The fourth-order valence-electron chi connectivity index (χ4n) is 3.66. The summed E-state index contributed by atoms with van der Waals surface area (Å²) < 4.78 is 46.2. The van der Waals surface area contributed by atoms with Crippen molar-refractivity contribution in [3.63, 3.8) is 0 Å². The third-order valence-electron chi connectivity index (χ3n) is 5.59. The summed E-state index contributed by atoms with van der Waals surface area (Å²) in [6, 6.07) is 1.06. The van der Waals surface area contributed by atoms with Gasteiger partial charge in [-0.25, -0.2) is 15.0 Å². The van der Waals surface area contributed by atoms with Crippen LogP contribution in [0.1, 0.15) is 25.8 Å². The number of nitrogens with zero attached hydrogens (tertiary/aromatic N) is 7. The Hall–Kier alpha value is -3.48. The van der Waals surface area contributed by atoms with Gasteiger partial charge in [-0.1, -0.05) is 0 Å². The summed E-state index contributed by atoms with van der Waals surface area (Å²) in [5.41, 5.74) is 0.450. The van der Waals surface area contributed by atoms with Crippen LogP contribution in [0.5, 0.6) is 0 Å². The van der Waals surface area contributed by atoms with Crippen molar-refractivity contribution in [2.24, 2.45) is 0 Å². The van der Waals surface area contributed by atoms with Gasteiger partial charge in [-0.3, -0.25) is 4.79 Å². The smallest absolute Gasteiger partial charge is 0.381 e. The lowest BCUT2D eigenvalue weighted by Crippen LogP contribution is -2.37. The van der Waals surface area contributed by atoms with Crippen LogP contribution >= 0.6 is 0 Å². The SMILES string of the molecule is COC1CCN(c2nccc(N(OC=O)c3cc4c(cn3)ncn4C(C)C(F)(F)F)n2)CC1. The van der Waals surface area contributed by atoms with Crippen molar-refractivity contribution in [3.8, 4) is 0 Å². The number of halogens is 3. The molecule has 0 aromatic carbocycles. The Morgan fingerprint density at radius 2 is 1.97 bits per heavy atom. The van der Waals surface area contributed by atoms with Crippen molar-refractivity contribution >= 4 is 35.1 Å². The van der Waals surface area contributed by atoms with Gasteiger partial charge < -0.3 is 19.0 Å². The van der Waals surface area contributed by atoms with E-state index in [0.717, 1.165) is 35.7 Å². The lowest BCUT2D eigenvalue weighted by atomic mass is 10.1. The number of imidazole rings is 1. The maximum atomic E-state index is 13.3. The van der Waals surface area contributed by atoms with E-state index in [-0.39, 0.29) is 35.2 Å². The van der Waals surface area contributed by atoms with Crippen molar-refractivity contribution in [1.82, 2.24) is 24.5 Å². The molecule has 4 rings (SSSR count). The number of methoxy groups -OCH3 is 1. The van der Waals surface area contributed by atoms with Crippen LogP contribution in [0, 0.1) is 0 Å². The molecule has 3 aromatic rings. The predicted molar refractivity (Wildman–Crippen MR) is 112 cm³/mol. The van der Waals surface area contributed by atoms with E-state index in [1.165, 1.54) is 24.5 Å². The second-order valence-electron chi connectivity index (χ2n) is 7.53. The highest BCUT2D eigenvalue weighted by Gasteiger charge is 2.38. The molecule has 1 atom stereocenters. The van der Waals surface area contributed by atoms with Gasteiger partial charge in [0.25, 0.3) is 0 Å². The molecular weight excluding hydrogens is 443 g/mol. The first-order chi connectivity index (χ1) is 15.8. The number of alkyl halides is 3. The molecule has 0 spiro atoms. The summed E-state index contributed by atoms with van der Waals surface area (Å²) in [4.78, 5) is 35.3. The molecule has 4 heterocycles. The molecule has 0 amide bonds. The summed E-state index contributed by atoms with van der Waals surface area (Å²) in [5, 5.41) is 1.04. The molecule has 1 aliphatic heterocycles. The monoisotopic (exact) mass is 465 g/mol. The maximum absolute atomic E-state index is 13.3. The number of pyridine rings is 1. The summed E-state index contributed by atoms with van der Waals surface area (Å²) in [6.45, 7) is 2.60. The molecule has 1 saturated heterocycles. The molecule has 0 N–H and O–H groups in total. The van der Waals surface area contributed by atoms with Gasteiger partial charge in [0.05, 0.1) is 24.1 Å². The third-order valence-corrected chi connectivity index (χ3v) is 5.59. The fraction of sp³-hybridized carbons (Fsp3) is 0.450. The van der Waals surface area contributed by atoms with Crippen LogP contribution < -0.4 is 9.96 Å². The van der Waals surface area contributed by atoms with Gasteiger partial charge in [0.15, 0.2) is 11.6 Å². The van der Waals surface area contributed by atoms with E-state index in [9.17, 15) is 18.0 Å². The molecule has 0 saturated carbocycles. The number of piperidine rings is 1. The summed E-state index contributed by atoms with van der Waals surface area (Å²) in [6.07, 6.45) is 1.27. The Bertz CT molecular complexity index is 1120. The Morgan fingerprint density at radius 3 is 2.64 bits per heavy atom. The van der Waals surface area contributed by atoms with Crippen molar-refractivity contribution in [1.29, 1.82) is 0 Å². The molecule has 0 radical (unpaired) electrons. The zero-order chi connectivity index (χ0) is 23.6. The van der Waals surface area contributed by atoms with Gasteiger partial charge in [-0.05, 0) is 19.8 Å². The minimum atomic E-state index is -4.46. The van der Waals surface area contributed by atoms with Crippen LogP contribution in [0.15, 0.2) is 30.9 Å². The quantitative estimate of drug-likeness (QED) is 0.385. The number of ether oxygens (including phenoxy) is 1. The zero-order valence-electron chi connectivity index (χ0n) is 17.9. The van der Waals surface area contributed by atoms with Gasteiger partial charge >= 0.3 is 12.6 Å². The van der Waals surface area contributed by atoms with Crippen molar-refractivity contribution < 1.29 is 27.5 Å². The number of fused-ring (bicyclic) bond motifs is 1. The highest BCUT2D eigenvalue weighted by Crippen LogP contribution is 2.33. The number of carbonyl (C=O) groups is 1. The Morgan fingerprint density at radius 1 is 1.21 bits per heavy atom. The van der Waals surface area contributed by atoms with E-state index >= 15 is 0 Å². The van der Waals surface area contributed by atoms with Gasteiger partial charge in [0.1, 0.15) is 11.6 Å². The van der Waals surface area contributed by atoms with Crippen LogP contribution in [-0.2, 0) is 14.4 Å². The van der Waals surface area contributed by atoms with Crippen LogP contribution in [0.2, 0.25) is 0 Å². The Balaban J connectivity index is 1.67. The number of carbonyl (C=O) groups excluding carboxylic acids is 1. The minimum absolute atomic E-state index is 0.0634. The topological polar surface area (TPSA) is 98.5 Å². The molecule has 1 fully saturated rings. The molecule has 0 aliphatic carbocycles. The molecular formula is C20H22F3N7O3. The van der Waals surface area contributed by atoms with E-state index in [4.69, 9.17) is 9.57 Å². The molecule has 3 aromatic heterocycles. The number of aromatic nitrogens is 5. The Labute approximate surface area is 186 Å². The van der Waals surface area contributed by atoms with Crippen molar-refractivity contribution in [2.75, 3.05) is 30.2 Å². The number of rotatable bonds is 7. The summed E-state index contributed by atoms with van der Waals surface area (Å²) >= 11 is 0. The summed E-state index contributed by atoms with van der Waals surface area (Å²) in [5.74, 6) is 0.689. The molecule has 13 heteroatoms. The summed E-state index contributed by atoms with van der Waals surface area (Å²) in [7, 11) is 1.68. The third kappa shape index (κ3) is 4.67. The minimum Gasteiger partial charge on any atom is -0.381 e. The van der Waals surface area contributed by atoms with E-state index in [1.807, 2.05) is 4.90 Å². The molecule has 33 heavy (non-hydrogen) atoms. The van der Waals surface area contributed by atoms with E-state index in [0.29, 0.717) is 19.0 Å². The number of hydrogen-bond donors (Lipinski definition) is 0. The van der Waals surface area contributed by atoms with Crippen molar-refractivity contribution in [2.45, 2.75) is 38.1 Å². The first kappa shape index (κ1) is 22.7. The molecule has 1 aliphatic rings. The van der Waals surface area contributed by atoms with Crippen LogP contribution in [0.3, 0.4) is 0 Å². The first-order valence-electron chi connectivity index (χ1n) is 10.2. The molecule has 1 unspecified atom stereocenters. The fourth-order valence-corrected chi connectivity index (χ4v) is 3.66. The average molecular weight is 465 g/mol. The lowest BCUT2D eigenvalue weighted by molar-refractivity contribution is -0.162. The van der Waals surface area contributed by atoms with Crippen molar-refractivity contribution in [3.05, 3.63) is 30.9 Å². The van der Waals surface area contributed by atoms with Crippen LogP contribution in [-0.4, -0.2) is 63.5 Å². The predicted octanol–water partition coefficient (Wildman–Crippen LogP) is 3.19. The zero-order valence-corrected chi connectivity index (χ0v) is 17.9. The van der Waals surface area contributed by atoms with Gasteiger partial charge in [-0.15, -0.1) is 5.06 Å². The molecule has 0 bridgehead atoms. The molecule has 176 valence electrons. The lowest BCUT2D eigenvalue weighted by Gasteiger charge is -2.31. The standard InChI is InChI=1S/C20H22F3N7O3/c1-13(20(21,22)23)29-11-26-15-10-25-18(9-16(15)29)30(33-12-31)17-3-6-24-19(27-17)28-7-4-14(32-2)5-8-28/h3,6,9-14H,4-5,7-8H2,1-2H3. The number of hydrogen-bond acceptors (Lipinski definition) is 9. The Kier molecular flexibility index (Phi) is 6.31. The average Bonchev–Trinajstić information content (AvgIpc) is 3.24.